The van der Waals surface area contributed by atoms with Crippen molar-refractivity contribution in [1.29, 1.82) is 0 Å². The quantitative estimate of drug-likeness (QED) is 0.412. The van der Waals surface area contributed by atoms with Crippen LogP contribution >= 0.6 is 0 Å². The van der Waals surface area contributed by atoms with Gasteiger partial charge >= 0.3 is 5.97 Å². The Morgan fingerprint density at radius 3 is 2.18 bits per heavy atom. The van der Waals surface area contributed by atoms with Crippen LogP contribution in [0.1, 0.15) is 58.3 Å². The van der Waals surface area contributed by atoms with Crippen LogP contribution in [0.25, 0.3) is 0 Å². The summed E-state index contributed by atoms with van der Waals surface area (Å²) in [6.07, 6.45) is 9.29. The fourth-order valence-corrected chi connectivity index (χ4v) is 1.63. The van der Waals surface area contributed by atoms with Gasteiger partial charge in [-0.05, 0) is 20.5 Å². The van der Waals surface area contributed by atoms with Crippen LogP contribution in [0.2, 0.25) is 0 Å². The van der Waals surface area contributed by atoms with Gasteiger partial charge in [-0.2, -0.15) is 0 Å². The number of hydrogen-bond donors (Lipinski definition) is 0. The molecule has 0 aliphatic heterocycles. The Kier molecular flexibility index (Phi) is 11.5. The van der Waals surface area contributed by atoms with Gasteiger partial charge in [0.05, 0.1) is 13.0 Å². The molecule has 0 aliphatic carbocycles. The number of unbranched alkanes of at least 4 members (excludes halogenated alkanes) is 6. The van der Waals surface area contributed by atoms with E-state index in [2.05, 4.69) is 6.92 Å². The van der Waals surface area contributed by atoms with Crippen molar-refractivity contribution in [2.24, 2.45) is 0 Å². The van der Waals surface area contributed by atoms with Gasteiger partial charge in [0, 0.05) is 6.54 Å². The zero-order valence-corrected chi connectivity index (χ0v) is 11.8. The zero-order chi connectivity index (χ0) is 12.9. The molecule has 0 saturated carbocycles. The third-order valence-corrected chi connectivity index (χ3v) is 2.77. The van der Waals surface area contributed by atoms with Gasteiger partial charge in [0.2, 0.25) is 0 Å². The lowest BCUT2D eigenvalue weighted by molar-refractivity contribution is -0.144. The minimum absolute atomic E-state index is 0.0651. The Hall–Kier alpha value is -0.570. The molecule has 0 unspecified atom stereocenters. The molecular formula is C14H29NO2. The first-order chi connectivity index (χ1) is 8.16. The SMILES string of the molecule is CCCCCCCCCOC(=O)CCN(C)C. The van der Waals surface area contributed by atoms with E-state index >= 15 is 0 Å². The molecule has 17 heavy (non-hydrogen) atoms. The molecule has 3 nitrogen and oxygen atoms in total. The lowest BCUT2D eigenvalue weighted by Gasteiger charge is -2.09. The number of carbonyl (C=O) groups is 1. The van der Waals surface area contributed by atoms with E-state index in [9.17, 15) is 4.79 Å². The van der Waals surface area contributed by atoms with Crippen molar-refractivity contribution in [2.75, 3.05) is 27.2 Å². The highest BCUT2D eigenvalue weighted by Gasteiger charge is 2.02. The molecule has 0 rings (SSSR count). The topological polar surface area (TPSA) is 29.5 Å². The summed E-state index contributed by atoms with van der Waals surface area (Å²) >= 11 is 0. The van der Waals surface area contributed by atoms with Crippen molar-refractivity contribution >= 4 is 5.97 Å². The third-order valence-electron chi connectivity index (χ3n) is 2.77. The number of ether oxygens (including phenoxy) is 1. The van der Waals surface area contributed by atoms with Crippen molar-refractivity contribution in [3.63, 3.8) is 0 Å². The van der Waals surface area contributed by atoms with E-state index in [4.69, 9.17) is 4.74 Å². The fourth-order valence-electron chi connectivity index (χ4n) is 1.63. The van der Waals surface area contributed by atoms with Crippen LogP contribution < -0.4 is 0 Å². The molecule has 0 bridgehead atoms. The van der Waals surface area contributed by atoms with E-state index < -0.39 is 0 Å². The normalized spacial score (nSPS) is 10.8. The fraction of sp³-hybridized carbons (Fsp3) is 0.929. The summed E-state index contributed by atoms with van der Waals surface area (Å²) in [7, 11) is 3.92. The minimum atomic E-state index is -0.0651. The molecule has 0 spiro atoms. The molecule has 0 heterocycles. The van der Waals surface area contributed by atoms with Crippen LogP contribution in [0, 0.1) is 0 Å². The van der Waals surface area contributed by atoms with Crippen LogP contribution in [-0.2, 0) is 9.53 Å². The van der Waals surface area contributed by atoms with Gasteiger partial charge in [-0.25, -0.2) is 0 Å². The highest BCUT2D eigenvalue weighted by Crippen LogP contribution is 2.06. The first kappa shape index (κ1) is 16.4. The van der Waals surface area contributed by atoms with Crippen molar-refractivity contribution in [3.05, 3.63) is 0 Å². The number of rotatable bonds is 11. The van der Waals surface area contributed by atoms with E-state index in [0.29, 0.717) is 13.0 Å². The van der Waals surface area contributed by atoms with E-state index in [0.717, 1.165) is 13.0 Å². The van der Waals surface area contributed by atoms with Gasteiger partial charge < -0.3 is 9.64 Å². The van der Waals surface area contributed by atoms with Crippen molar-refractivity contribution in [3.8, 4) is 0 Å². The molecule has 102 valence electrons. The molecule has 0 fully saturated rings. The summed E-state index contributed by atoms with van der Waals surface area (Å²) in [5.41, 5.74) is 0. The lowest BCUT2D eigenvalue weighted by atomic mass is 10.1. The molecule has 0 aromatic rings. The highest BCUT2D eigenvalue weighted by atomic mass is 16.5. The molecule has 0 saturated heterocycles. The van der Waals surface area contributed by atoms with Gasteiger partial charge in [0.1, 0.15) is 0 Å². The number of carbonyl (C=O) groups excluding carboxylic acids is 1. The summed E-state index contributed by atoms with van der Waals surface area (Å²) in [4.78, 5) is 13.3. The van der Waals surface area contributed by atoms with E-state index in [1.165, 1.54) is 38.5 Å². The maximum Gasteiger partial charge on any atom is 0.307 e. The van der Waals surface area contributed by atoms with Gasteiger partial charge in [0.15, 0.2) is 0 Å². The summed E-state index contributed by atoms with van der Waals surface area (Å²) in [6.45, 7) is 3.60. The van der Waals surface area contributed by atoms with Crippen LogP contribution in [0.4, 0.5) is 0 Å². The van der Waals surface area contributed by atoms with E-state index in [1.807, 2.05) is 19.0 Å². The average molecular weight is 243 g/mol. The van der Waals surface area contributed by atoms with E-state index in [1.54, 1.807) is 0 Å². The Bertz CT molecular complexity index is 181. The second kappa shape index (κ2) is 11.9. The maximum absolute atomic E-state index is 11.3. The second-order valence-electron chi connectivity index (χ2n) is 4.90. The molecule has 0 aromatic carbocycles. The number of nitrogens with zero attached hydrogens (tertiary/aromatic N) is 1. The van der Waals surface area contributed by atoms with Crippen LogP contribution in [0.3, 0.4) is 0 Å². The third kappa shape index (κ3) is 13.4. The summed E-state index contributed by atoms with van der Waals surface area (Å²) in [5, 5.41) is 0. The first-order valence-corrected chi connectivity index (χ1v) is 6.97. The second-order valence-corrected chi connectivity index (χ2v) is 4.90. The predicted octanol–water partition coefficient (Wildman–Crippen LogP) is 3.23. The summed E-state index contributed by atoms with van der Waals surface area (Å²) in [5.74, 6) is -0.0651. The number of hydrogen-bond acceptors (Lipinski definition) is 3. The first-order valence-electron chi connectivity index (χ1n) is 6.97. The molecule has 0 amide bonds. The van der Waals surface area contributed by atoms with Crippen molar-refractivity contribution in [2.45, 2.75) is 58.3 Å². The largest absolute Gasteiger partial charge is 0.466 e. The highest BCUT2D eigenvalue weighted by molar-refractivity contribution is 5.69. The zero-order valence-electron chi connectivity index (χ0n) is 11.8. The predicted molar refractivity (Wildman–Crippen MR) is 72.1 cm³/mol. The minimum Gasteiger partial charge on any atom is -0.466 e. The van der Waals surface area contributed by atoms with Crippen LogP contribution in [0.5, 0.6) is 0 Å². The summed E-state index contributed by atoms with van der Waals surface area (Å²) in [6, 6.07) is 0. The molecule has 0 atom stereocenters. The van der Waals surface area contributed by atoms with Crippen LogP contribution in [0.15, 0.2) is 0 Å². The van der Waals surface area contributed by atoms with Crippen molar-refractivity contribution in [1.82, 2.24) is 4.90 Å². The lowest BCUT2D eigenvalue weighted by Crippen LogP contribution is -2.18. The molecule has 0 N–H and O–H groups in total. The van der Waals surface area contributed by atoms with E-state index in [-0.39, 0.29) is 5.97 Å². The van der Waals surface area contributed by atoms with Crippen LogP contribution in [-0.4, -0.2) is 38.1 Å². The Balaban J connectivity index is 3.14. The molecular weight excluding hydrogens is 214 g/mol. The van der Waals surface area contributed by atoms with Gasteiger partial charge in [0.25, 0.3) is 0 Å². The Morgan fingerprint density at radius 1 is 1.00 bits per heavy atom. The Labute approximate surface area is 107 Å². The molecule has 0 aliphatic rings. The number of esters is 1. The van der Waals surface area contributed by atoms with Crippen molar-refractivity contribution < 1.29 is 9.53 Å². The van der Waals surface area contributed by atoms with Gasteiger partial charge in [-0.1, -0.05) is 45.4 Å². The standard InChI is InChI=1S/C14H29NO2/c1-4-5-6-7-8-9-10-13-17-14(16)11-12-15(2)3/h4-13H2,1-3H3. The Morgan fingerprint density at radius 2 is 1.59 bits per heavy atom. The molecule has 0 radical (unpaired) electrons. The molecule has 0 aromatic heterocycles. The van der Waals surface area contributed by atoms with Gasteiger partial charge in [-0.15, -0.1) is 0 Å². The van der Waals surface area contributed by atoms with Gasteiger partial charge in [-0.3, -0.25) is 4.79 Å². The average Bonchev–Trinajstić information content (AvgIpc) is 2.30. The summed E-state index contributed by atoms with van der Waals surface area (Å²) < 4.78 is 5.15. The monoisotopic (exact) mass is 243 g/mol. The maximum atomic E-state index is 11.3. The molecule has 3 heteroatoms. The smallest absolute Gasteiger partial charge is 0.307 e.